The molecule has 18 heavy (non-hydrogen) atoms. The van der Waals surface area contributed by atoms with E-state index < -0.39 is 0 Å². The first-order valence-electron chi connectivity index (χ1n) is 6.57. The number of aromatic nitrogens is 2. The van der Waals surface area contributed by atoms with Gasteiger partial charge in [0.25, 0.3) is 0 Å². The summed E-state index contributed by atoms with van der Waals surface area (Å²) in [6, 6.07) is 2.78. The van der Waals surface area contributed by atoms with Gasteiger partial charge in [-0.1, -0.05) is 0 Å². The third kappa shape index (κ3) is 2.39. The third-order valence-corrected chi connectivity index (χ3v) is 3.67. The number of hydrogen-bond donors (Lipinski definition) is 2. The van der Waals surface area contributed by atoms with Gasteiger partial charge in [-0.05, 0) is 19.8 Å². The van der Waals surface area contributed by atoms with Crippen molar-refractivity contribution in [2.24, 2.45) is 5.84 Å². The number of anilines is 2. The van der Waals surface area contributed by atoms with Crippen LogP contribution in [0.15, 0.2) is 6.07 Å². The van der Waals surface area contributed by atoms with Crippen molar-refractivity contribution in [3.8, 4) is 0 Å². The van der Waals surface area contributed by atoms with Crippen molar-refractivity contribution in [2.45, 2.75) is 25.8 Å². The number of hydrogen-bond acceptors (Lipinski definition) is 6. The average Bonchev–Trinajstić information content (AvgIpc) is 3.22. The minimum Gasteiger partial charge on any atom is -0.354 e. The van der Waals surface area contributed by atoms with E-state index in [1.165, 1.54) is 12.8 Å². The van der Waals surface area contributed by atoms with Gasteiger partial charge in [-0.15, -0.1) is 0 Å². The average molecular weight is 248 g/mol. The van der Waals surface area contributed by atoms with Crippen molar-refractivity contribution in [1.29, 1.82) is 0 Å². The monoisotopic (exact) mass is 248 g/mol. The molecule has 2 aliphatic rings. The lowest BCUT2D eigenvalue weighted by molar-refractivity contribution is 0.247. The molecule has 1 aliphatic heterocycles. The predicted octanol–water partition coefficient (Wildman–Crippen LogP) is 0.355. The molecule has 0 bridgehead atoms. The Hall–Kier alpha value is -1.40. The minimum absolute atomic E-state index is 0.683. The van der Waals surface area contributed by atoms with Gasteiger partial charge in [0.05, 0.1) is 0 Å². The summed E-state index contributed by atoms with van der Waals surface area (Å²) in [6.45, 7) is 6.25. The molecule has 0 unspecified atom stereocenters. The molecule has 0 radical (unpaired) electrons. The highest BCUT2D eigenvalue weighted by atomic mass is 15.3. The van der Waals surface area contributed by atoms with E-state index in [4.69, 9.17) is 5.84 Å². The summed E-state index contributed by atoms with van der Waals surface area (Å²) in [7, 11) is 0. The van der Waals surface area contributed by atoms with Gasteiger partial charge in [-0.2, -0.15) is 0 Å². The van der Waals surface area contributed by atoms with Crippen molar-refractivity contribution in [3.05, 3.63) is 11.9 Å². The second-order valence-electron chi connectivity index (χ2n) is 5.06. The lowest BCUT2D eigenvalue weighted by Gasteiger charge is -2.35. The number of hydrazine groups is 1. The van der Waals surface area contributed by atoms with Crippen LogP contribution >= 0.6 is 0 Å². The van der Waals surface area contributed by atoms with E-state index in [1.54, 1.807) is 0 Å². The molecular formula is C12H20N6. The Kier molecular flexibility index (Phi) is 3.05. The standard InChI is InChI=1S/C12H20N6/c1-9-14-11(16-13)8-12(15-9)18-6-4-17(5-7-18)10-2-3-10/h8,10H,2-7,13H2,1H3,(H,14,15,16). The van der Waals surface area contributed by atoms with Crippen LogP contribution in [0.25, 0.3) is 0 Å². The molecule has 0 aromatic carbocycles. The molecule has 98 valence electrons. The van der Waals surface area contributed by atoms with Gasteiger partial charge in [-0.25, -0.2) is 15.8 Å². The fourth-order valence-electron chi connectivity index (χ4n) is 2.54. The van der Waals surface area contributed by atoms with Gasteiger partial charge in [0.2, 0.25) is 0 Å². The second kappa shape index (κ2) is 4.70. The number of aryl methyl sites for hydroxylation is 1. The predicted molar refractivity (Wildman–Crippen MR) is 71.4 cm³/mol. The number of nitrogen functional groups attached to an aromatic ring is 1. The van der Waals surface area contributed by atoms with E-state index in [0.29, 0.717) is 5.82 Å². The molecule has 1 saturated heterocycles. The molecular weight excluding hydrogens is 228 g/mol. The van der Waals surface area contributed by atoms with Crippen LogP contribution in [0.1, 0.15) is 18.7 Å². The number of rotatable bonds is 3. The van der Waals surface area contributed by atoms with Gasteiger partial charge >= 0.3 is 0 Å². The molecule has 3 rings (SSSR count). The lowest BCUT2D eigenvalue weighted by atomic mass is 10.3. The van der Waals surface area contributed by atoms with Crippen LogP contribution in [0.4, 0.5) is 11.6 Å². The highest BCUT2D eigenvalue weighted by Gasteiger charge is 2.31. The van der Waals surface area contributed by atoms with E-state index in [2.05, 4.69) is 25.2 Å². The van der Waals surface area contributed by atoms with Crippen LogP contribution in [0, 0.1) is 6.92 Å². The molecule has 2 heterocycles. The number of nitrogens with zero attached hydrogens (tertiary/aromatic N) is 4. The fourth-order valence-corrected chi connectivity index (χ4v) is 2.54. The zero-order chi connectivity index (χ0) is 12.5. The first-order chi connectivity index (χ1) is 8.76. The quantitative estimate of drug-likeness (QED) is 0.594. The molecule has 6 nitrogen and oxygen atoms in total. The molecule has 1 aromatic rings. The summed E-state index contributed by atoms with van der Waals surface area (Å²) in [4.78, 5) is 13.6. The maximum Gasteiger partial charge on any atom is 0.145 e. The fraction of sp³-hybridized carbons (Fsp3) is 0.667. The highest BCUT2D eigenvalue weighted by molar-refractivity contribution is 5.49. The van der Waals surface area contributed by atoms with E-state index >= 15 is 0 Å². The van der Waals surface area contributed by atoms with E-state index in [0.717, 1.165) is 43.9 Å². The normalized spacial score (nSPS) is 21.1. The molecule has 0 spiro atoms. The first kappa shape index (κ1) is 11.7. The SMILES string of the molecule is Cc1nc(NN)cc(N2CCN(C3CC3)CC2)n1. The zero-order valence-electron chi connectivity index (χ0n) is 10.8. The molecule has 6 heteroatoms. The van der Waals surface area contributed by atoms with Crippen LogP contribution in [0.2, 0.25) is 0 Å². The van der Waals surface area contributed by atoms with Crippen LogP contribution in [-0.2, 0) is 0 Å². The summed E-state index contributed by atoms with van der Waals surface area (Å²) >= 11 is 0. The molecule has 1 aliphatic carbocycles. The van der Waals surface area contributed by atoms with Gasteiger partial charge < -0.3 is 10.3 Å². The summed E-state index contributed by atoms with van der Waals surface area (Å²) in [5, 5.41) is 0. The van der Waals surface area contributed by atoms with Crippen LogP contribution < -0.4 is 16.2 Å². The van der Waals surface area contributed by atoms with E-state index in [1.807, 2.05) is 13.0 Å². The minimum atomic E-state index is 0.683. The van der Waals surface area contributed by atoms with Crippen LogP contribution in [0.5, 0.6) is 0 Å². The summed E-state index contributed by atoms with van der Waals surface area (Å²) in [6.07, 6.45) is 2.77. The molecule has 3 N–H and O–H groups in total. The Morgan fingerprint density at radius 3 is 2.56 bits per heavy atom. The Bertz CT molecular complexity index is 423. The Labute approximate surface area is 107 Å². The maximum absolute atomic E-state index is 5.42. The van der Waals surface area contributed by atoms with Gasteiger partial charge in [0, 0.05) is 38.3 Å². The van der Waals surface area contributed by atoms with E-state index in [-0.39, 0.29) is 0 Å². The second-order valence-corrected chi connectivity index (χ2v) is 5.06. The van der Waals surface area contributed by atoms with Crippen molar-refractivity contribution in [3.63, 3.8) is 0 Å². The largest absolute Gasteiger partial charge is 0.354 e. The summed E-state index contributed by atoms with van der Waals surface area (Å²) < 4.78 is 0. The molecule has 2 fully saturated rings. The molecule has 0 amide bonds. The van der Waals surface area contributed by atoms with E-state index in [9.17, 15) is 0 Å². The number of nitrogens with two attached hydrogens (primary N) is 1. The van der Waals surface area contributed by atoms with Gasteiger partial charge in [0.1, 0.15) is 17.5 Å². The van der Waals surface area contributed by atoms with Crippen molar-refractivity contribution < 1.29 is 0 Å². The Balaban J connectivity index is 1.69. The smallest absolute Gasteiger partial charge is 0.145 e. The Morgan fingerprint density at radius 1 is 1.22 bits per heavy atom. The van der Waals surface area contributed by atoms with Gasteiger partial charge in [-0.3, -0.25) is 4.90 Å². The van der Waals surface area contributed by atoms with Crippen molar-refractivity contribution in [1.82, 2.24) is 14.9 Å². The first-order valence-corrected chi connectivity index (χ1v) is 6.57. The van der Waals surface area contributed by atoms with Crippen molar-refractivity contribution in [2.75, 3.05) is 36.5 Å². The highest BCUT2D eigenvalue weighted by Crippen LogP contribution is 2.28. The maximum atomic E-state index is 5.42. The molecule has 1 saturated carbocycles. The van der Waals surface area contributed by atoms with Gasteiger partial charge in [0.15, 0.2) is 0 Å². The number of piperazine rings is 1. The van der Waals surface area contributed by atoms with Crippen LogP contribution in [0.3, 0.4) is 0 Å². The third-order valence-electron chi connectivity index (χ3n) is 3.67. The Morgan fingerprint density at radius 2 is 1.94 bits per heavy atom. The molecule has 1 aromatic heterocycles. The summed E-state index contributed by atoms with van der Waals surface area (Å²) in [5.41, 5.74) is 2.60. The van der Waals surface area contributed by atoms with Crippen molar-refractivity contribution >= 4 is 11.6 Å². The lowest BCUT2D eigenvalue weighted by Crippen LogP contribution is -2.47. The summed E-state index contributed by atoms with van der Waals surface area (Å²) in [5.74, 6) is 7.84. The zero-order valence-corrected chi connectivity index (χ0v) is 10.8. The molecule has 0 atom stereocenters. The number of nitrogens with one attached hydrogen (secondary N) is 1. The van der Waals surface area contributed by atoms with Crippen LogP contribution in [-0.4, -0.2) is 47.1 Å². The topological polar surface area (TPSA) is 70.3 Å².